The van der Waals surface area contributed by atoms with Crippen LogP contribution in [0.5, 0.6) is 0 Å². The van der Waals surface area contributed by atoms with Gasteiger partial charge < -0.3 is 5.11 Å². The van der Waals surface area contributed by atoms with Gasteiger partial charge in [0.2, 0.25) is 0 Å². The first-order valence-corrected chi connectivity index (χ1v) is 6.53. The molecule has 0 radical (unpaired) electrons. The van der Waals surface area contributed by atoms with Gasteiger partial charge in [0, 0.05) is 16.0 Å². The number of nitrogens with zero attached hydrogens (tertiary/aromatic N) is 4. The van der Waals surface area contributed by atoms with Crippen molar-refractivity contribution in [3.05, 3.63) is 33.7 Å². The van der Waals surface area contributed by atoms with Gasteiger partial charge in [0.05, 0.1) is 9.90 Å². The van der Waals surface area contributed by atoms with Gasteiger partial charge in [-0.3, -0.25) is 0 Å². The number of H-pyrrole nitrogens is 1. The zero-order chi connectivity index (χ0) is 13.4. The van der Waals surface area contributed by atoms with E-state index in [2.05, 4.69) is 25.6 Å². The van der Waals surface area contributed by atoms with Crippen LogP contribution in [0.25, 0.3) is 10.1 Å². The summed E-state index contributed by atoms with van der Waals surface area (Å²) in [5.41, 5.74) is 1.11. The SMILES string of the molecule is Cc1ccc2c(Cl)c(C([O-])=Nc3nn[nH]n3)sc2c1. The molecule has 0 fully saturated rings. The van der Waals surface area contributed by atoms with Crippen LogP contribution in [0.4, 0.5) is 5.95 Å². The summed E-state index contributed by atoms with van der Waals surface area (Å²) in [7, 11) is 0. The Morgan fingerprint density at radius 3 is 3.05 bits per heavy atom. The summed E-state index contributed by atoms with van der Waals surface area (Å²) in [5.74, 6) is -0.472. The fraction of sp³-hybridized carbons (Fsp3) is 0.0909. The van der Waals surface area contributed by atoms with E-state index in [0.29, 0.717) is 9.90 Å². The molecule has 3 rings (SSSR count). The van der Waals surface area contributed by atoms with Gasteiger partial charge >= 0.3 is 0 Å². The molecule has 0 spiro atoms. The largest absolute Gasteiger partial charge is 0.858 e. The predicted octanol–water partition coefficient (Wildman–Crippen LogP) is 1.81. The minimum atomic E-state index is -0.467. The van der Waals surface area contributed by atoms with E-state index in [1.54, 1.807) is 0 Å². The monoisotopic (exact) mass is 292 g/mol. The predicted molar refractivity (Wildman–Crippen MR) is 71.9 cm³/mol. The second kappa shape index (κ2) is 4.60. The molecule has 1 N–H and O–H groups in total. The van der Waals surface area contributed by atoms with Crippen molar-refractivity contribution < 1.29 is 5.11 Å². The van der Waals surface area contributed by atoms with Crippen molar-refractivity contribution in [1.82, 2.24) is 20.6 Å². The van der Waals surface area contributed by atoms with Crippen LogP contribution in [0.15, 0.2) is 23.2 Å². The number of aromatic nitrogens is 4. The first-order valence-electron chi connectivity index (χ1n) is 5.33. The fourth-order valence-corrected chi connectivity index (χ4v) is 3.15. The van der Waals surface area contributed by atoms with Crippen molar-refractivity contribution in [2.24, 2.45) is 4.99 Å². The Kier molecular flexibility index (Phi) is 2.92. The van der Waals surface area contributed by atoms with Gasteiger partial charge in [-0.1, -0.05) is 28.8 Å². The third-order valence-corrected chi connectivity index (χ3v) is 4.16. The fourth-order valence-electron chi connectivity index (χ4n) is 1.66. The maximum absolute atomic E-state index is 12.0. The van der Waals surface area contributed by atoms with Crippen LogP contribution in [-0.2, 0) is 0 Å². The van der Waals surface area contributed by atoms with Crippen LogP contribution >= 0.6 is 22.9 Å². The van der Waals surface area contributed by atoms with Gasteiger partial charge in [0.15, 0.2) is 0 Å². The molecule has 8 heteroatoms. The molecule has 0 aliphatic heterocycles. The molecule has 1 aromatic carbocycles. The first kappa shape index (κ1) is 12.1. The second-order valence-corrected chi connectivity index (χ2v) is 5.30. The summed E-state index contributed by atoms with van der Waals surface area (Å²) in [6.45, 7) is 1.98. The molecule has 19 heavy (non-hydrogen) atoms. The highest BCUT2D eigenvalue weighted by Gasteiger charge is 2.11. The van der Waals surface area contributed by atoms with Crippen molar-refractivity contribution in [3.8, 4) is 0 Å². The standard InChI is InChI=1S/C11H8ClN5OS/c1-5-2-3-6-7(4-5)19-9(8(6)12)10(18)13-11-14-16-17-15-11/h2-4H,1H3,(H2,13,14,15,16,17,18)/p-1. The minimum Gasteiger partial charge on any atom is -0.858 e. The van der Waals surface area contributed by atoms with Gasteiger partial charge in [-0.15, -0.1) is 16.4 Å². The number of nitrogens with one attached hydrogen (secondary N) is 1. The maximum Gasteiger partial charge on any atom is 0.288 e. The number of benzene rings is 1. The average Bonchev–Trinajstić information content (AvgIpc) is 2.97. The number of fused-ring (bicyclic) bond motifs is 1. The number of aliphatic imine (C=N–C) groups is 1. The number of aryl methyl sites for hydroxylation is 1. The van der Waals surface area contributed by atoms with E-state index in [9.17, 15) is 5.11 Å². The van der Waals surface area contributed by atoms with E-state index in [1.807, 2.05) is 25.1 Å². The Balaban J connectivity index is 2.12. The molecule has 0 saturated carbocycles. The topological polar surface area (TPSA) is 89.9 Å². The highest BCUT2D eigenvalue weighted by molar-refractivity contribution is 7.21. The first-order chi connectivity index (χ1) is 9.15. The highest BCUT2D eigenvalue weighted by Crippen LogP contribution is 2.35. The molecular formula is C11H7ClN5OS-. The highest BCUT2D eigenvalue weighted by atomic mass is 35.5. The lowest BCUT2D eigenvalue weighted by atomic mass is 10.2. The van der Waals surface area contributed by atoms with Crippen molar-refractivity contribution in [2.45, 2.75) is 6.92 Å². The van der Waals surface area contributed by atoms with Gasteiger partial charge in [0.1, 0.15) is 0 Å². The van der Waals surface area contributed by atoms with E-state index >= 15 is 0 Å². The number of rotatable bonds is 2. The van der Waals surface area contributed by atoms with Gasteiger partial charge in [-0.25, -0.2) is 4.99 Å². The zero-order valence-electron chi connectivity index (χ0n) is 9.72. The van der Waals surface area contributed by atoms with E-state index in [-0.39, 0.29) is 5.95 Å². The molecule has 0 aliphatic rings. The van der Waals surface area contributed by atoms with Crippen LogP contribution in [0.1, 0.15) is 10.4 Å². The Bertz CT molecular complexity index is 765. The summed E-state index contributed by atoms with van der Waals surface area (Å²) in [4.78, 5) is 4.12. The van der Waals surface area contributed by atoms with E-state index in [1.165, 1.54) is 11.3 Å². The van der Waals surface area contributed by atoms with Gasteiger partial charge in [0.25, 0.3) is 5.95 Å². The number of tetrazole rings is 1. The Labute approximate surface area is 116 Å². The van der Waals surface area contributed by atoms with E-state index in [4.69, 9.17) is 11.6 Å². The van der Waals surface area contributed by atoms with Crippen LogP contribution in [0.3, 0.4) is 0 Å². The molecule has 0 unspecified atom stereocenters. The summed E-state index contributed by atoms with van der Waals surface area (Å²) in [5, 5.41) is 26.1. The molecule has 6 nitrogen and oxygen atoms in total. The lowest BCUT2D eigenvalue weighted by molar-refractivity contribution is -0.212. The minimum absolute atomic E-state index is 0.00490. The second-order valence-electron chi connectivity index (χ2n) is 3.87. The smallest absolute Gasteiger partial charge is 0.288 e. The summed E-state index contributed by atoms with van der Waals surface area (Å²) in [6, 6.07) is 5.83. The third kappa shape index (κ3) is 2.18. The lowest BCUT2D eigenvalue weighted by Crippen LogP contribution is -2.17. The molecule has 0 aliphatic carbocycles. The molecule has 96 valence electrons. The molecule has 0 bridgehead atoms. The number of hydrogen-bond acceptors (Lipinski definition) is 6. The number of hydrogen-bond donors (Lipinski definition) is 1. The molecular weight excluding hydrogens is 286 g/mol. The number of thiophene rings is 1. The Hall–Kier alpha value is -1.99. The van der Waals surface area contributed by atoms with Gasteiger partial charge in [-0.2, -0.15) is 5.21 Å². The third-order valence-electron chi connectivity index (χ3n) is 2.51. The van der Waals surface area contributed by atoms with Crippen molar-refractivity contribution in [3.63, 3.8) is 0 Å². The molecule has 0 atom stereocenters. The summed E-state index contributed by atoms with van der Waals surface area (Å²) in [6.07, 6.45) is 0. The molecule has 2 aromatic heterocycles. The number of aromatic amines is 1. The van der Waals surface area contributed by atoms with Crippen LogP contribution < -0.4 is 5.11 Å². The van der Waals surface area contributed by atoms with Crippen LogP contribution in [0, 0.1) is 6.92 Å². The van der Waals surface area contributed by atoms with Crippen molar-refractivity contribution >= 4 is 44.9 Å². The lowest BCUT2D eigenvalue weighted by Gasteiger charge is -2.06. The molecule has 0 saturated heterocycles. The zero-order valence-corrected chi connectivity index (χ0v) is 11.3. The summed E-state index contributed by atoms with van der Waals surface area (Å²) < 4.78 is 0.955. The van der Waals surface area contributed by atoms with Crippen molar-refractivity contribution in [2.75, 3.05) is 0 Å². The normalized spacial score (nSPS) is 12.2. The number of halogens is 1. The Morgan fingerprint density at radius 1 is 1.47 bits per heavy atom. The molecule has 0 amide bonds. The van der Waals surface area contributed by atoms with Crippen LogP contribution in [-0.4, -0.2) is 26.5 Å². The van der Waals surface area contributed by atoms with Crippen LogP contribution in [0.2, 0.25) is 5.02 Å². The maximum atomic E-state index is 12.0. The average molecular weight is 293 g/mol. The quantitative estimate of drug-likeness (QED) is 0.576. The van der Waals surface area contributed by atoms with Gasteiger partial charge in [-0.05, 0) is 23.8 Å². The van der Waals surface area contributed by atoms with E-state index < -0.39 is 5.90 Å². The Morgan fingerprint density at radius 2 is 2.32 bits per heavy atom. The van der Waals surface area contributed by atoms with E-state index in [0.717, 1.165) is 15.6 Å². The molecule has 2 heterocycles. The van der Waals surface area contributed by atoms with Crippen molar-refractivity contribution in [1.29, 1.82) is 0 Å². The molecule has 3 aromatic rings. The summed E-state index contributed by atoms with van der Waals surface area (Å²) >= 11 is 7.52.